The van der Waals surface area contributed by atoms with Gasteiger partial charge in [-0.3, -0.25) is 4.79 Å². The molecule has 1 saturated carbocycles. The van der Waals surface area contributed by atoms with E-state index in [-0.39, 0.29) is 5.91 Å². The van der Waals surface area contributed by atoms with Crippen molar-refractivity contribution >= 4 is 34.9 Å². The standard InChI is InChI=1S/C13H24N2OS2/c1-4-13(5-2,11(14)17)12(16)15-9-6-7-10(8-9)18-3/h9-10H,4-8H2,1-3H3,(H2,14,17)(H,15,16). The van der Waals surface area contributed by atoms with Crippen LogP contribution in [0.2, 0.25) is 0 Å². The van der Waals surface area contributed by atoms with Crippen LogP contribution in [-0.4, -0.2) is 28.4 Å². The second-order valence-electron chi connectivity index (χ2n) is 4.99. The largest absolute Gasteiger partial charge is 0.392 e. The van der Waals surface area contributed by atoms with E-state index < -0.39 is 5.41 Å². The second kappa shape index (κ2) is 6.75. The van der Waals surface area contributed by atoms with E-state index in [0.29, 0.717) is 29.1 Å². The molecule has 0 heterocycles. The Hall–Kier alpha value is -0.290. The first-order valence-electron chi connectivity index (χ1n) is 6.63. The van der Waals surface area contributed by atoms with E-state index in [4.69, 9.17) is 18.0 Å². The number of hydrogen-bond acceptors (Lipinski definition) is 3. The summed E-state index contributed by atoms with van der Waals surface area (Å²) in [7, 11) is 0. The maximum Gasteiger partial charge on any atom is 0.233 e. The van der Waals surface area contributed by atoms with Gasteiger partial charge in [0.2, 0.25) is 5.91 Å². The molecule has 5 heteroatoms. The zero-order valence-electron chi connectivity index (χ0n) is 11.5. The molecule has 0 saturated heterocycles. The number of rotatable bonds is 6. The monoisotopic (exact) mass is 288 g/mol. The normalized spacial score (nSPS) is 23.9. The highest BCUT2D eigenvalue weighted by Gasteiger charge is 2.39. The molecule has 2 unspecified atom stereocenters. The Bertz CT molecular complexity index is 316. The average molecular weight is 288 g/mol. The first-order chi connectivity index (χ1) is 8.50. The lowest BCUT2D eigenvalue weighted by molar-refractivity contribution is -0.128. The Balaban J connectivity index is 2.66. The van der Waals surface area contributed by atoms with E-state index in [1.165, 1.54) is 6.42 Å². The van der Waals surface area contributed by atoms with Gasteiger partial charge in [0.25, 0.3) is 0 Å². The molecule has 2 atom stereocenters. The van der Waals surface area contributed by atoms with E-state index in [0.717, 1.165) is 12.8 Å². The maximum atomic E-state index is 12.4. The van der Waals surface area contributed by atoms with Crippen LogP contribution >= 0.6 is 24.0 Å². The van der Waals surface area contributed by atoms with Crippen molar-refractivity contribution in [2.75, 3.05) is 6.26 Å². The summed E-state index contributed by atoms with van der Waals surface area (Å²) in [5.41, 5.74) is 5.13. The smallest absolute Gasteiger partial charge is 0.233 e. The molecule has 1 amide bonds. The van der Waals surface area contributed by atoms with Crippen molar-refractivity contribution in [3.05, 3.63) is 0 Å². The Labute approximate surface area is 120 Å². The highest BCUT2D eigenvalue weighted by Crippen LogP contribution is 2.31. The molecule has 0 aromatic heterocycles. The summed E-state index contributed by atoms with van der Waals surface area (Å²) >= 11 is 6.99. The van der Waals surface area contributed by atoms with Crippen LogP contribution in [0.4, 0.5) is 0 Å². The molecule has 1 aliphatic carbocycles. The van der Waals surface area contributed by atoms with Crippen molar-refractivity contribution in [1.82, 2.24) is 5.32 Å². The highest BCUT2D eigenvalue weighted by atomic mass is 32.2. The summed E-state index contributed by atoms with van der Waals surface area (Å²) < 4.78 is 0. The Morgan fingerprint density at radius 1 is 1.44 bits per heavy atom. The summed E-state index contributed by atoms with van der Waals surface area (Å²) in [6.07, 6.45) is 6.79. The minimum Gasteiger partial charge on any atom is -0.392 e. The van der Waals surface area contributed by atoms with Gasteiger partial charge in [0.05, 0.1) is 10.4 Å². The zero-order valence-corrected chi connectivity index (χ0v) is 13.1. The van der Waals surface area contributed by atoms with Crippen LogP contribution in [0.3, 0.4) is 0 Å². The molecule has 3 N–H and O–H groups in total. The summed E-state index contributed by atoms with van der Waals surface area (Å²) in [5, 5.41) is 3.83. The minimum atomic E-state index is -0.660. The third-order valence-corrected chi connectivity index (χ3v) is 5.65. The number of hydrogen-bond donors (Lipinski definition) is 2. The molecule has 1 aliphatic rings. The molecule has 1 rings (SSSR count). The van der Waals surface area contributed by atoms with Gasteiger partial charge >= 0.3 is 0 Å². The molecular weight excluding hydrogens is 264 g/mol. The fourth-order valence-corrected chi connectivity index (χ4v) is 3.82. The lowest BCUT2D eigenvalue weighted by Gasteiger charge is -2.30. The van der Waals surface area contributed by atoms with Gasteiger partial charge in [0.15, 0.2) is 0 Å². The molecule has 0 aromatic carbocycles. The van der Waals surface area contributed by atoms with E-state index >= 15 is 0 Å². The molecule has 0 aliphatic heterocycles. The van der Waals surface area contributed by atoms with Crippen LogP contribution in [0, 0.1) is 5.41 Å². The number of nitrogens with two attached hydrogens (primary N) is 1. The van der Waals surface area contributed by atoms with Crippen molar-refractivity contribution in [2.24, 2.45) is 11.1 Å². The van der Waals surface area contributed by atoms with Gasteiger partial charge in [0, 0.05) is 11.3 Å². The number of carbonyl (C=O) groups is 1. The third-order valence-electron chi connectivity index (χ3n) is 4.17. The van der Waals surface area contributed by atoms with Crippen LogP contribution < -0.4 is 11.1 Å². The van der Waals surface area contributed by atoms with Gasteiger partial charge in [-0.05, 0) is 38.4 Å². The molecule has 3 nitrogen and oxygen atoms in total. The number of nitrogens with one attached hydrogen (secondary N) is 1. The summed E-state index contributed by atoms with van der Waals surface area (Å²) in [6.45, 7) is 3.95. The van der Waals surface area contributed by atoms with Gasteiger partial charge in [-0.2, -0.15) is 11.8 Å². The van der Waals surface area contributed by atoms with E-state index in [1.807, 2.05) is 25.6 Å². The van der Waals surface area contributed by atoms with E-state index in [2.05, 4.69) is 11.6 Å². The average Bonchev–Trinajstić information content (AvgIpc) is 2.78. The van der Waals surface area contributed by atoms with Crippen LogP contribution in [-0.2, 0) is 4.79 Å². The van der Waals surface area contributed by atoms with E-state index in [9.17, 15) is 4.79 Å². The fourth-order valence-electron chi connectivity index (χ4n) is 2.64. The Morgan fingerprint density at radius 2 is 2.06 bits per heavy atom. The maximum absolute atomic E-state index is 12.4. The molecule has 0 spiro atoms. The predicted molar refractivity (Wildman–Crippen MR) is 82.9 cm³/mol. The number of amides is 1. The quantitative estimate of drug-likeness (QED) is 0.737. The Kier molecular flexibility index (Phi) is 5.92. The number of thioether (sulfide) groups is 1. The van der Waals surface area contributed by atoms with Crippen molar-refractivity contribution in [1.29, 1.82) is 0 Å². The number of thiocarbonyl (C=S) groups is 1. The zero-order chi connectivity index (χ0) is 13.8. The third kappa shape index (κ3) is 3.18. The van der Waals surface area contributed by atoms with Gasteiger partial charge in [-0.1, -0.05) is 26.1 Å². The SMILES string of the molecule is CCC(CC)(C(=O)NC1CCC(SC)C1)C(N)=S. The Morgan fingerprint density at radius 3 is 2.44 bits per heavy atom. The van der Waals surface area contributed by atoms with Crippen LogP contribution in [0.1, 0.15) is 46.0 Å². The lowest BCUT2D eigenvalue weighted by Crippen LogP contribution is -2.50. The molecule has 1 fully saturated rings. The van der Waals surface area contributed by atoms with Crippen LogP contribution in [0.5, 0.6) is 0 Å². The van der Waals surface area contributed by atoms with Crippen molar-refractivity contribution in [3.63, 3.8) is 0 Å². The number of carbonyl (C=O) groups excluding carboxylic acids is 1. The molecule has 0 aromatic rings. The van der Waals surface area contributed by atoms with Gasteiger partial charge in [0.1, 0.15) is 0 Å². The van der Waals surface area contributed by atoms with E-state index in [1.54, 1.807) is 0 Å². The summed E-state index contributed by atoms with van der Waals surface area (Å²) in [6, 6.07) is 0.293. The minimum absolute atomic E-state index is 0.0201. The molecule has 0 radical (unpaired) electrons. The van der Waals surface area contributed by atoms with Crippen LogP contribution in [0.15, 0.2) is 0 Å². The van der Waals surface area contributed by atoms with Gasteiger partial charge in [-0.25, -0.2) is 0 Å². The van der Waals surface area contributed by atoms with Crippen molar-refractivity contribution in [3.8, 4) is 0 Å². The first-order valence-corrected chi connectivity index (χ1v) is 8.33. The first kappa shape index (κ1) is 15.8. The molecule has 104 valence electrons. The predicted octanol–water partition coefficient (Wildman–Crippen LogP) is 2.48. The van der Waals surface area contributed by atoms with Gasteiger partial charge < -0.3 is 11.1 Å². The van der Waals surface area contributed by atoms with Crippen LogP contribution in [0.25, 0.3) is 0 Å². The van der Waals surface area contributed by atoms with Gasteiger partial charge in [-0.15, -0.1) is 0 Å². The second-order valence-corrected chi connectivity index (χ2v) is 6.57. The molecular formula is C13H24N2OS2. The fraction of sp³-hybridized carbons (Fsp3) is 0.846. The summed E-state index contributed by atoms with van der Waals surface area (Å²) in [4.78, 5) is 12.8. The molecule has 18 heavy (non-hydrogen) atoms. The molecule has 0 bridgehead atoms. The van der Waals surface area contributed by atoms with Crippen molar-refractivity contribution < 1.29 is 4.79 Å². The summed E-state index contributed by atoms with van der Waals surface area (Å²) in [5.74, 6) is 0.0201. The lowest BCUT2D eigenvalue weighted by atomic mass is 9.81. The topological polar surface area (TPSA) is 55.1 Å². The highest BCUT2D eigenvalue weighted by molar-refractivity contribution is 7.99. The van der Waals surface area contributed by atoms with Crippen molar-refractivity contribution in [2.45, 2.75) is 57.2 Å².